The lowest BCUT2D eigenvalue weighted by atomic mass is 10.1. The summed E-state index contributed by atoms with van der Waals surface area (Å²) in [5, 5.41) is 4.92. The Labute approximate surface area is 143 Å². The van der Waals surface area contributed by atoms with Crippen LogP contribution in [0.3, 0.4) is 0 Å². The molecule has 2 aromatic carbocycles. The second-order valence-electron chi connectivity index (χ2n) is 6.55. The highest BCUT2D eigenvalue weighted by atomic mass is 16.5. The molecule has 0 bridgehead atoms. The third-order valence-corrected chi connectivity index (χ3v) is 4.78. The lowest BCUT2D eigenvalue weighted by Crippen LogP contribution is -2.25. The van der Waals surface area contributed by atoms with Crippen molar-refractivity contribution in [2.75, 3.05) is 13.2 Å². The van der Waals surface area contributed by atoms with Gasteiger partial charge in [-0.25, -0.2) is 0 Å². The average molecular weight is 320 g/mol. The number of benzene rings is 2. The van der Waals surface area contributed by atoms with Crippen LogP contribution in [0.15, 0.2) is 60.8 Å². The number of fused-ring (bicyclic) bond motifs is 1. The van der Waals surface area contributed by atoms with Gasteiger partial charge in [-0.3, -0.25) is 0 Å². The van der Waals surface area contributed by atoms with Crippen molar-refractivity contribution in [1.82, 2.24) is 9.88 Å². The molecule has 24 heavy (non-hydrogen) atoms. The van der Waals surface area contributed by atoms with Gasteiger partial charge in [0, 0.05) is 43.3 Å². The quantitative estimate of drug-likeness (QED) is 0.744. The van der Waals surface area contributed by atoms with E-state index in [4.69, 9.17) is 4.74 Å². The van der Waals surface area contributed by atoms with Gasteiger partial charge in [-0.1, -0.05) is 48.5 Å². The maximum absolute atomic E-state index is 5.69. The van der Waals surface area contributed by atoms with E-state index in [0.29, 0.717) is 6.10 Å². The maximum Gasteiger partial charge on any atom is 0.0700 e. The van der Waals surface area contributed by atoms with Crippen molar-refractivity contribution in [3.63, 3.8) is 0 Å². The van der Waals surface area contributed by atoms with E-state index in [1.54, 1.807) is 0 Å². The second-order valence-corrected chi connectivity index (χ2v) is 6.55. The lowest BCUT2D eigenvalue weighted by molar-refractivity contribution is 0.110. The SMILES string of the molecule is c1ccc(Cn2cc(CNCC3CCCO3)c3ccccc32)cc1. The molecule has 3 nitrogen and oxygen atoms in total. The molecule has 1 aliphatic rings. The van der Waals surface area contributed by atoms with Gasteiger partial charge in [-0.15, -0.1) is 0 Å². The second kappa shape index (κ2) is 7.20. The van der Waals surface area contributed by atoms with E-state index in [0.717, 1.165) is 26.2 Å². The fourth-order valence-corrected chi connectivity index (χ4v) is 3.55. The van der Waals surface area contributed by atoms with Crippen molar-refractivity contribution < 1.29 is 4.74 Å². The number of rotatable bonds is 6. The zero-order valence-corrected chi connectivity index (χ0v) is 13.9. The minimum atomic E-state index is 0.391. The van der Waals surface area contributed by atoms with Gasteiger partial charge in [0.2, 0.25) is 0 Å². The Hall–Kier alpha value is -2.10. The zero-order valence-electron chi connectivity index (χ0n) is 13.9. The highest BCUT2D eigenvalue weighted by Crippen LogP contribution is 2.22. The summed E-state index contributed by atoms with van der Waals surface area (Å²) in [6.45, 7) is 3.66. The van der Waals surface area contributed by atoms with Gasteiger partial charge in [0.1, 0.15) is 0 Å². The minimum absolute atomic E-state index is 0.391. The molecule has 0 aliphatic carbocycles. The summed E-state index contributed by atoms with van der Waals surface area (Å²) >= 11 is 0. The van der Waals surface area contributed by atoms with Crippen LogP contribution in [-0.2, 0) is 17.8 Å². The van der Waals surface area contributed by atoms with Gasteiger partial charge in [-0.2, -0.15) is 0 Å². The number of ether oxygens (including phenoxy) is 1. The Bertz CT molecular complexity index is 788. The molecule has 0 radical (unpaired) electrons. The molecule has 4 rings (SSSR count). The van der Waals surface area contributed by atoms with Crippen molar-refractivity contribution in [3.8, 4) is 0 Å². The Balaban J connectivity index is 1.52. The standard InChI is InChI=1S/C21H24N2O/c1-2-7-17(8-3-1)15-23-16-18(20-10-4-5-11-21(20)23)13-22-14-19-9-6-12-24-19/h1-5,7-8,10-11,16,19,22H,6,9,12-15H2. The summed E-state index contributed by atoms with van der Waals surface area (Å²) < 4.78 is 8.05. The summed E-state index contributed by atoms with van der Waals surface area (Å²) in [7, 11) is 0. The first-order valence-electron chi connectivity index (χ1n) is 8.83. The van der Waals surface area contributed by atoms with Crippen LogP contribution in [0.4, 0.5) is 0 Å². The van der Waals surface area contributed by atoms with E-state index in [1.807, 2.05) is 0 Å². The molecule has 1 saturated heterocycles. The molecule has 3 aromatic rings. The van der Waals surface area contributed by atoms with E-state index in [9.17, 15) is 0 Å². The predicted molar refractivity (Wildman–Crippen MR) is 98.2 cm³/mol. The molecule has 0 amide bonds. The number of para-hydroxylation sites is 1. The van der Waals surface area contributed by atoms with Gasteiger partial charge in [0.15, 0.2) is 0 Å². The maximum atomic E-state index is 5.69. The van der Waals surface area contributed by atoms with E-state index < -0.39 is 0 Å². The first kappa shape index (κ1) is 15.4. The van der Waals surface area contributed by atoms with Crippen molar-refractivity contribution >= 4 is 10.9 Å². The van der Waals surface area contributed by atoms with E-state index in [-0.39, 0.29) is 0 Å². The molecule has 0 saturated carbocycles. The lowest BCUT2D eigenvalue weighted by Gasteiger charge is -2.10. The first-order chi connectivity index (χ1) is 11.9. The van der Waals surface area contributed by atoms with E-state index in [1.165, 1.54) is 34.9 Å². The highest BCUT2D eigenvalue weighted by Gasteiger charge is 2.15. The number of nitrogens with zero attached hydrogens (tertiary/aromatic N) is 1. The molecular weight excluding hydrogens is 296 g/mol. The topological polar surface area (TPSA) is 26.2 Å². The van der Waals surface area contributed by atoms with Crippen molar-refractivity contribution in [2.45, 2.75) is 32.0 Å². The average Bonchev–Trinajstić information content (AvgIpc) is 3.25. The van der Waals surface area contributed by atoms with E-state index in [2.05, 4.69) is 70.7 Å². The summed E-state index contributed by atoms with van der Waals surface area (Å²) in [6, 6.07) is 19.3. The molecule has 1 unspecified atom stereocenters. The van der Waals surface area contributed by atoms with Gasteiger partial charge < -0.3 is 14.6 Å². The molecule has 1 aliphatic heterocycles. The van der Waals surface area contributed by atoms with Crippen molar-refractivity contribution in [3.05, 3.63) is 71.9 Å². The Morgan fingerprint density at radius 2 is 1.88 bits per heavy atom. The number of aromatic nitrogens is 1. The predicted octanol–water partition coefficient (Wildman–Crippen LogP) is 3.96. The van der Waals surface area contributed by atoms with Crippen LogP contribution in [0, 0.1) is 0 Å². The van der Waals surface area contributed by atoms with Gasteiger partial charge in [-0.05, 0) is 30.0 Å². The smallest absolute Gasteiger partial charge is 0.0700 e. The van der Waals surface area contributed by atoms with Gasteiger partial charge >= 0.3 is 0 Å². The van der Waals surface area contributed by atoms with Crippen molar-refractivity contribution in [2.24, 2.45) is 0 Å². The number of nitrogens with one attached hydrogen (secondary N) is 1. The number of hydrogen-bond donors (Lipinski definition) is 1. The van der Waals surface area contributed by atoms with Gasteiger partial charge in [0.05, 0.1) is 6.10 Å². The summed E-state index contributed by atoms with van der Waals surface area (Å²) in [4.78, 5) is 0. The molecule has 1 aromatic heterocycles. The molecule has 1 fully saturated rings. The molecule has 3 heteroatoms. The summed E-state index contributed by atoms with van der Waals surface area (Å²) in [5.41, 5.74) is 3.99. The van der Waals surface area contributed by atoms with Gasteiger partial charge in [0.25, 0.3) is 0 Å². The van der Waals surface area contributed by atoms with E-state index >= 15 is 0 Å². The Morgan fingerprint density at radius 3 is 2.71 bits per heavy atom. The fourth-order valence-electron chi connectivity index (χ4n) is 3.55. The molecule has 2 heterocycles. The van der Waals surface area contributed by atoms with Crippen LogP contribution in [-0.4, -0.2) is 23.8 Å². The normalized spacial score (nSPS) is 17.6. The zero-order chi connectivity index (χ0) is 16.2. The monoisotopic (exact) mass is 320 g/mol. The first-order valence-corrected chi connectivity index (χ1v) is 8.83. The Kier molecular flexibility index (Phi) is 4.63. The molecule has 1 atom stereocenters. The van der Waals surface area contributed by atoms with Crippen LogP contribution in [0.5, 0.6) is 0 Å². The third-order valence-electron chi connectivity index (χ3n) is 4.78. The third kappa shape index (κ3) is 3.37. The number of hydrogen-bond acceptors (Lipinski definition) is 2. The Morgan fingerprint density at radius 1 is 1.04 bits per heavy atom. The largest absolute Gasteiger partial charge is 0.377 e. The van der Waals surface area contributed by atoms with Crippen LogP contribution >= 0.6 is 0 Å². The molecule has 124 valence electrons. The minimum Gasteiger partial charge on any atom is -0.377 e. The fraction of sp³-hybridized carbons (Fsp3) is 0.333. The van der Waals surface area contributed by atoms with Crippen LogP contribution < -0.4 is 5.32 Å². The highest BCUT2D eigenvalue weighted by molar-refractivity contribution is 5.84. The van der Waals surface area contributed by atoms with Crippen LogP contribution in [0.2, 0.25) is 0 Å². The van der Waals surface area contributed by atoms with Crippen LogP contribution in [0.1, 0.15) is 24.0 Å². The summed E-state index contributed by atoms with van der Waals surface area (Å²) in [6.07, 6.45) is 5.06. The van der Waals surface area contributed by atoms with Crippen LogP contribution in [0.25, 0.3) is 10.9 Å². The molecule has 1 N–H and O–H groups in total. The molecular formula is C21H24N2O. The van der Waals surface area contributed by atoms with Crippen molar-refractivity contribution in [1.29, 1.82) is 0 Å². The summed E-state index contributed by atoms with van der Waals surface area (Å²) in [5.74, 6) is 0. The molecule has 0 spiro atoms.